The first-order chi connectivity index (χ1) is 9.69. The number of carbonyl (C=O) groups is 1. The molecular formula is C14H14N4O2. The van der Waals surface area contributed by atoms with Gasteiger partial charge in [-0.25, -0.2) is 4.79 Å². The van der Waals surface area contributed by atoms with Crippen LogP contribution in [0, 0.1) is 0 Å². The Kier molecular flexibility index (Phi) is 4.18. The normalized spacial score (nSPS) is 10.9. The van der Waals surface area contributed by atoms with Gasteiger partial charge in [0.15, 0.2) is 5.84 Å². The zero-order valence-electron chi connectivity index (χ0n) is 10.6. The van der Waals surface area contributed by atoms with Crippen LogP contribution >= 0.6 is 0 Å². The highest BCUT2D eigenvalue weighted by molar-refractivity contribution is 6.02. The molecule has 0 aliphatic carbocycles. The summed E-state index contributed by atoms with van der Waals surface area (Å²) in [6.45, 7) is 0. The zero-order valence-corrected chi connectivity index (χ0v) is 10.6. The van der Waals surface area contributed by atoms with Crippen LogP contribution in [0.3, 0.4) is 0 Å². The van der Waals surface area contributed by atoms with Crippen molar-refractivity contribution in [3.63, 3.8) is 0 Å². The van der Waals surface area contributed by atoms with Gasteiger partial charge in [-0.3, -0.25) is 0 Å². The smallest absolute Gasteiger partial charge is 0.323 e. The number of anilines is 2. The molecule has 0 spiro atoms. The quantitative estimate of drug-likeness (QED) is 0.298. The number of rotatable bonds is 3. The van der Waals surface area contributed by atoms with Crippen LogP contribution in [0.15, 0.2) is 59.8 Å². The molecule has 0 fully saturated rings. The Morgan fingerprint density at radius 2 is 1.65 bits per heavy atom. The molecule has 0 unspecified atom stereocenters. The highest BCUT2D eigenvalue weighted by atomic mass is 16.4. The summed E-state index contributed by atoms with van der Waals surface area (Å²) in [7, 11) is 0. The van der Waals surface area contributed by atoms with E-state index in [9.17, 15) is 4.79 Å². The maximum Gasteiger partial charge on any atom is 0.323 e. The van der Waals surface area contributed by atoms with Crippen molar-refractivity contribution in [1.82, 2.24) is 0 Å². The Morgan fingerprint density at radius 1 is 1.00 bits per heavy atom. The molecule has 2 aromatic carbocycles. The summed E-state index contributed by atoms with van der Waals surface area (Å²) in [5.74, 6) is -0.0166. The Morgan fingerprint density at radius 3 is 2.35 bits per heavy atom. The van der Waals surface area contributed by atoms with E-state index in [-0.39, 0.29) is 11.9 Å². The fourth-order valence-corrected chi connectivity index (χ4v) is 1.63. The van der Waals surface area contributed by atoms with Gasteiger partial charge in [0, 0.05) is 16.9 Å². The monoisotopic (exact) mass is 270 g/mol. The largest absolute Gasteiger partial charge is 0.409 e. The highest BCUT2D eigenvalue weighted by Crippen LogP contribution is 2.12. The number of amides is 2. The lowest BCUT2D eigenvalue weighted by molar-refractivity contribution is 0.262. The van der Waals surface area contributed by atoms with Gasteiger partial charge in [-0.1, -0.05) is 35.5 Å². The Bertz CT molecular complexity index is 626. The Balaban J connectivity index is 2.05. The molecule has 0 heterocycles. The number of para-hydroxylation sites is 1. The number of amidine groups is 1. The molecule has 6 nitrogen and oxygen atoms in total. The number of carbonyl (C=O) groups excluding carboxylic acids is 1. The number of hydrogen-bond donors (Lipinski definition) is 4. The number of oxime groups is 1. The Labute approximate surface area is 115 Å². The molecule has 2 amide bonds. The molecule has 102 valence electrons. The molecule has 2 aromatic rings. The lowest BCUT2D eigenvalue weighted by Crippen LogP contribution is -2.20. The molecule has 0 atom stereocenters. The van der Waals surface area contributed by atoms with Crippen molar-refractivity contribution in [2.24, 2.45) is 10.9 Å². The van der Waals surface area contributed by atoms with Crippen LogP contribution in [0.5, 0.6) is 0 Å². The summed E-state index contributed by atoms with van der Waals surface area (Å²) in [6.07, 6.45) is 0. The number of benzene rings is 2. The first-order valence-corrected chi connectivity index (χ1v) is 5.90. The SMILES string of the molecule is N/C(=N/O)c1cccc(NC(=O)Nc2ccccc2)c1. The summed E-state index contributed by atoms with van der Waals surface area (Å²) in [4.78, 5) is 11.8. The van der Waals surface area contributed by atoms with Crippen molar-refractivity contribution in [2.75, 3.05) is 10.6 Å². The maximum absolute atomic E-state index is 11.8. The van der Waals surface area contributed by atoms with Crippen LogP contribution in [0.2, 0.25) is 0 Å². The van der Waals surface area contributed by atoms with Crippen molar-refractivity contribution >= 4 is 23.2 Å². The fourth-order valence-electron chi connectivity index (χ4n) is 1.63. The molecule has 6 heteroatoms. The minimum absolute atomic E-state index is 0.0166. The zero-order chi connectivity index (χ0) is 14.4. The molecule has 0 aliphatic heterocycles. The van der Waals surface area contributed by atoms with Gasteiger partial charge in [-0.2, -0.15) is 0 Å². The van der Waals surface area contributed by atoms with Crippen LogP contribution in [0.1, 0.15) is 5.56 Å². The highest BCUT2D eigenvalue weighted by Gasteiger charge is 2.04. The number of nitrogens with one attached hydrogen (secondary N) is 2. The van der Waals surface area contributed by atoms with Gasteiger partial charge in [-0.05, 0) is 24.3 Å². The van der Waals surface area contributed by atoms with Gasteiger partial charge < -0.3 is 21.6 Å². The Hall–Kier alpha value is -3.02. The van der Waals surface area contributed by atoms with Crippen molar-refractivity contribution in [3.05, 3.63) is 60.2 Å². The van der Waals surface area contributed by atoms with E-state index in [1.807, 2.05) is 18.2 Å². The van der Waals surface area contributed by atoms with Gasteiger partial charge in [-0.15, -0.1) is 0 Å². The van der Waals surface area contributed by atoms with E-state index in [2.05, 4.69) is 15.8 Å². The molecule has 0 saturated carbocycles. The molecule has 5 N–H and O–H groups in total. The average molecular weight is 270 g/mol. The summed E-state index contributed by atoms with van der Waals surface area (Å²) in [6, 6.07) is 15.4. The molecule has 0 aliphatic rings. The number of hydrogen-bond acceptors (Lipinski definition) is 3. The summed E-state index contributed by atoms with van der Waals surface area (Å²) >= 11 is 0. The predicted octanol–water partition coefficient (Wildman–Crippen LogP) is 2.43. The molecule has 20 heavy (non-hydrogen) atoms. The minimum atomic E-state index is -0.368. The fraction of sp³-hybridized carbons (Fsp3) is 0. The van der Waals surface area contributed by atoms with Gasteiger partial charge in [0.25, 0.3) is 0 Å². The topological polar surface area (TPSA) is 99.7 Å². The van der Waals surface area contributed by atoms with Gasteiger partial charge in [0.2, 0.25) is 0 Å². The third-order valence-corrected chi connectivity index (χ3v) is 2.56. The van der Waals surface area contributed by atoms with Crippen molar-refractivity contribution in [2.45, 2.75) is 0 Å². The summed E-state index contributed by atoms with van der Waals surface area (Å²) in [5.41, 5.74) is 7.24. The third-order valence-electron chi connectivity index (χ3n) is 2.56. The molecule has 0 saturated heterocycles. The predicted molar refractivity (Wildman–Crippen MR) is 78.0 cm³/mol. The second kappa shape index (κ2) is 6.24. The van der Waals surface area contributed by atoms with E-state index in [1.54, 1.807) is 36.4 Å². The van der Waals surface area contributed by atoms with Crippen molar-refractivity contribution < 1.29 is 10.0 Å². The lowest BCUT2D eigenvalue weighted by atomic mass is 10.2. The van der Waals surface area contributed by atoms with Gasteiger partial charge in [0.1, 0.15) is 0 Å². The van der Waals surface area contributed by atoms with Crippen molar-refractivity contribution in [3.8, 4) is 0 Å². The first-order valence-electron chi connectivity index (χ1n) is 5.90. The molecule has 0 bridgehead atoms. The van der Waals surface area contributed by atoms with E-state index in [0.29, 0.717) is 16.9 Å². The van der Waals surface area contributed by atoms with Gasteiger partial charge in [0.05, 0.1) is 0 Å². The third kappa shape index (κ3) is 3.49. The molecule has 0 aromatic heterocycles. The first kappa shape index (κ1) is 13.4. The maximum atomic E-state index is 11.8. The van der Waals surface area contributed by atoms with E-state index in [1.165, 1.54) is 0 Å². The van der Waals surface area contributed by atoms with E-state index in [4.69, 9.17) is 10.9 Å². The molecule has 0 radical (unpaired) electrons. The summed E-state index contributed by atoms with van der Waals surface area (Å²) in [5, 5.41) is 16.9. The van der Waals surface area contributed by atoms with Crippen LogP contribution in [-0.2, 0) is 0 Å². The molecule has 2 rings (SSSR count). The van der Waals surface area contributed by atoms with E-state index >= 15 is 0 Å². The van der Waals surface area contributed by atoms with Crippen LogP contribution in [-0.4, -0.2) is 17.1 Å². The van der Waals surface area contributed by atoms with Crippen LogP contribution < -0.4 is 16.4 Å². The minimum Gasteiger partial charge on any atom is -0.409 e. The second-order valence-electron chi connectivity index (χ2n) is 4.01. The molecular weight excluding hydrogens is 256 g/mol. The average Bonchev–Trinajstić information content (AvgIpc) is 2.47. The number of nitrogens with zero attached hydrogens (tertiary/aromatic N) is 1. The lowest BCUT2D eigenvalue weighted by Gasteiger charge is -2.08. The second-order valence-corrected chi connectivity index (χ2v) is 4.01. The number of nitrogens with two attached hydrogens (primary N) is 1. The standard InChI is InChI=1S/C14H14N4O2/c15-13(18-20)10-5-4-8-12(9-10)17-14(19)16-11-6-2-1-3-7-11/h1-9,20H,(H2,15,18)(H2,16,17,19). The summed E-state index contributed by atoms with van der Waals surface area (Å²) < 4.78 is 0. The van der Waals surface area contributed by atoms with Crippen LogP contribution in [0.4, 0.5) is 16.2 Å². The van der Waals surface area contributed by atoms with Crippen molar-refractivity contribution in [1.29, 1.82) is 0 Å². The number of urea groups is 1. The van der Waals surface area contributed by atoms with Gasteiger partial charge >= 0.3 is 6.03 Å². The van der Waals surface area contributed by atoms with E-state index in [0.717, 1.165) is 0 Å². The van der Waals surface area contributed by atoms with Crippen LogP contribution in [0.25, 0.3) is 0 Å². The van der Waals surface area contributed by atoms with E-state index < -0.39 is 0 Å².